The lowest BCUT2D eigenvalue weighted by atomic mass is 9.73. The van der Waals surface area contributed by atoms with Gasteiger partial charge < -0.3 is 25.2 Å². The van der Waals surface area contributed by atoms with Crippen molar-refractivity contribution in [1.82, 2.24) is 20.1 Å². The fraction of sp³-hybridized carbons (Fsp3) is 0.700. The quantitative estimate of drug-likeness (QED) is 0.524. The molecule has 3 fully saturated rings. The first kappa shape index (κ1) is 25.2. The van der Waals surface area contributed by atoms with Crippen LogP contribution < -0.4 is 5.32 Å². The summed E-state index contributed by atoms with van der Waals surface area (Å²) in [4.78, 5) is 37.7. The molecule has 0 saturated carbocycles. The number of aryl methyl sites for hydroxylation is 1. The lowest BCUT2D eigenvalue weighted by molar-refractivity contribution is -0.123. The molecule has 4 atom stereocenters. The van der Waals surface area contributed by atoms with Crippen LogP contribution in [0.2, 0.25) is 0 Å². The first-order valence-corrected chi connectivity index (χ1v) is 11.0. The van der Waals surface area contributed by atoms with Crippen molar-refractivity contribution in [2.45, 2.75) is 38.0 Å². The molecule has 10 nitrogen and oxygen atoms in total. The van der Waals surface area contributed by atoms with Crippen molar-refractivity contribution in [3.05, 3.63) is 16.1 Å². The zero-order valence-corrected chi connectivity index (χ0v) is 19.0. The molecule has 3 aliphatic rings. The van der Waals surface area contributed by atoms with Crippen molar-refractivity contribution in [3.63, 3.8) is 0 Å². The Morgan fingerprint density at radius 2 is 2.10 bits per heavy atom. The predicted molar refractivity (Wildman–Crippen MR) is 115 cm³/mol. The number of carbonyl (C=O) groups excluding carboxylic acids is 1. The monoisotopic (exact) mass is 456 g/mol. The van der Waals surface area contributed by atoms with Crippen molar-refractivity contribution in [2.24, 2.45) is 11.8 Å². The van der Waals surface area contributed by atoms with Crippen LogP contribution in [-0.2, 0) is 25.7 Å². The van der Waals surface area contributed by atoms with Crippen molar-refractivity contribution >= 4 is 30.2 Å². The second kappa shape index (κ2) is 11.5. The summed E-state index contributed by atoms with van der Waals surface area (Å²) in [6.45, 7) is 5.73. The minimum atomic E-state index is -0.250. The average molecular weight is 457 g/mol. The second-order valence-corrected chi connectivity index (χ2v) is 9.28. The third-order valence-electron chi connectivity index (χ3n) is 5.87. The molecule has 174 valence electrons. The van der Waals surface area contributed by atoms with Gasteiger partial charge in [-0.3, -0.25) is 19.3 Å². The fourth-order valence-electron chi connectivity index (χ4n) is 4.92. The molecule has 1 aromatic rings. The summed E-state index contributed by atoms with van der Waals surface area (Å²) >= 11 is 1.75. The van der Waals surface area contributed by atoms with E-state index in [1.54, 1.807) is 11.3 Å². The number of nitrogens with one attached hydrogen (secondary N) is 1. The highest BCUT2D eigenvalue weighted by atomic mass is 32.1. The standard InChI is InChI=1S/C18H28N4O2S.2CH2O2/c1-12-10-25-17(20-12)9-22-7-14-13(6-19-16(23)8-21(2)3)15-4-5-18(14,11-22)24-15;2*2-1-3/h10,13-15H,4-9,11H2,1-3H3,(H,19,23);2*1H,(H,2,3)/t13-,14+,15+,18+;;/m0../s1. The molecule has 1 aromatic heterocycles. The average Bonchev–Trinajstić information content (AvgIpc) is 3.42. The van der Waals surface area contributed by atoms with Crippen molar-refractivity contribution in [2.75, 3.05) is 40.3 Å². The first-order valence-electron chi connectivity index (χ1n) is 10.2. The number of ether oxygens (including phenoxy) is 1. The van der Waals surface area contributed by atoms with E-state index in [0.29, 0.717) is 24.5 Å². The predicted octanol–water partition coefficient (Wildman–Crippen LogP) is 0.510. The molecule has 0 radical (unpaired) electrons. The van der Waals surface area contributed by atoms with E-state index in [1.807, 2.05) is 19.0 Å². The normalized spacial score (nSPS) is 28.2. The highest BCUT2D eigenvalue weighted by Gasteiger charge is 2.62. The molecule has 3 aliphatic heterocycles. The van der Waals surface area contributed by atoms with Gasteiger partial charge in [-0.05, 0) is 33.9 Å². The Balaban J connectivity index is 0.000000513. The van der Waals surface area contributed by atoms with Gasteiger partial charge in [0.15, 0.2) is 0 Å². The Morgan fingerprint density at radius 1 is 1.42 bits per heavy atom. The summed E-state index contributed by atoms with van der Waals surface area (Å²) in [6, 6.07) is 0. The van der Waals surface area contributed by atoms with Crippen LogP contribution in [0.25, 0.3) is 0 Å². The molecular weight excluding hydrogens is 424 g/mol. The van der Waals surface area contributed by atoms with Gasteiger partial charge >= 0.3 is 0 Å². The summed E-state index contributed by atoms with van der Waals surface area (Å²) in [5.41, 5.74) is 1.13. The lowest BCUT2D eigenvalue weighted by Crippen LogP contribution is -2.43. The Labute approximate surface area is 186 Å². The SMILES string of the molecule is Cc1csc(CN2C[C@@H]3[C@H](CNC(=O)CN(C)C)[C@H]4CC[C@]3(C2)O4)n1.O=CO.O=CO. The van der Waals surface area contributed by atoms with Crippen molar-refractivity contribution in [3.8, 4) is 0 Å². The van der Waals surface area contributed by atoms with Gasteiger partial charge in [0.2, 0.25) is 5.91 Å². The minimum absolute atomic E-state index is 0.0217. The zero-order valence-electron chi connectivity index (χ0n) is 18.2. The number of hydrogen-bond acceptors (Lipinski definition) is 8. The Hall–Kier alpha value is -2.08. The molecule has 1 amide bonds. The largest absolute Gasteiger partial charge is 0.483 e. The fourth-order valence-corrected chi connectivity index (χ4v) is 5.73. The van der Waals surface area contributed by atoms with Crippen LogP contribution in [-0.4, -0.2) is 95.8 Å². The molecule has 1 spiro atoms. The molecule has 4 rings (SSSR count). The van der Waals surface area contributed by atoms with Crippen molar-refractivity contribution in [1.29, 1.82) is 0 Å². The van der Waals surface area contributed by atoms with E-state index in [-0.39, 0.29) is 24.5 Å². The van der Waals surface area contributed by atoms with E-state index >= 15 is 0 Å². The number of aromatic nitrogens is 1. The Kier molecular flexibility index (Phi) is 9.35. The highest BCUT2D eigenvalue weighted by Crippen LogP contribution is 2.54. The van der Waals surface area contributed by atoms with Gasteiger partial charge in [-0.1, -0.05) is 0 Å². The number of nitrogens with zero attached hydrogens (tertiary/aromatic N) is 3. The smallest absolute Gasteiger partial charge is 0.290 e. The van der Waals surface area contributed by atoms with Gasteiger partial charge in [0.1, 0.15) is 5.01 Å². The Bertz CT molecular complexity index is 739. The molecule has 4 heterocycles. The lowest BCUT2D eigenvalue weighted by Gasteiger charge is -2.29. The number of carbonyl (C=O) groups is 3. The maximum absolute atomic E-state index is 12.0. The molecule has 2 bridgehead atoms. The van der Waals surface area contributed by atoms with Gasteiger partial charge in [-0.15, -0.1) is 11.3 Å². The number of carboxylic acid groups (broad SMARTS) is 2. The van der Waals surface area contributed by atoms with Gasteiger partial charge in [0.05, 0.1) is 24.8 Å². The zero-order chi connectivity index (χ0) is 23.0. The Morgan fingerprint density at radius 3 is 2.68 bits per heavy atom. The summed E-state index contributed by atoms with van der Waals surface area (Å²) in [5.74, 6) is 1.09. The van der Waals surface area contributed by atoms with Crippen LogP contribution in [0.1, 0.15) is 23.5 Å². The molecule has 3 saturated heterocycles. The molecule has 0 aromatic carbocycles. The van der Waals surface area contributed by atoms with E-state index in [9.17, 15) is 4.79 Å². The number of rotatable bonds is 6. The van der Waals surface area contributed by atoms with Crippen LogP contribution in [0.4, 0.5) is 0 Å². The molecular formula is C20H32N4O6S. The first-order chi connectivity index (χ1) is 14.8. The summed E-state index contributed by atoms with van der Waals surface area (Å²) in [7, 11) is 3.84. The van der Waals surface area contributed by atoms with Crippen molar-refractivity contribution < 1.29 is 29.3 Å². The maximum atomic E-state index is 12.0. The highest BCUT2D eigenvalue weighted by molar-refractivity contribution is 7.09. The van der Waals surface area contributed by atoms with Crippen LogP contribution in [0.5, 0.6) is 0 Å². The van der Waals surface area contributed by atoms with E-state index in [0.717, 1.165) is 44.7 Å². The third-order valence-corrected chi connectivity index (χ3v) is 6.83. The van der Waals surface area contributed by atoms with E-state index in [4.69, 9.17) is 24.5 Å². The molecule has 0 aliphatic carbocycles. The molecule has 31 heavy (non-hydrogen) atoms. The summed E-state index contributed by atoms with van der Waals surface area (Å²) in [5, 5.41) is 20.2. The summed E-state index contributed by atoms with van der Waals surface area (Å²) < 4.78 is 6.46. The van der Waals surface area contributed by atoms with Crippen LogP contribution in [0.3, 0.4) is 0 Å². The maximum Gasteiger partial charge on any atom is 0.290 e. The molecule has 0 unspecified atom stereocenters. The van der Waals surface area contributed by atoms with Crippen LogP contribution >= 0.6 is 11.3 Å². The van der Waals surface area contributed by atoms with Crippen LogP contribution in [0, 0.1) is 18.8 Å². The summed E-state index contributed by atoms with van der Waals surface area (Å²) in [6.07, 6.45) is 2.63. The number of amides is 1. The molecule has 3 N–H and O–H groups in total. The number of fused-ring (bicyclic) bond motifs is 1. The number of likely N-dealkylation sites (tertiary alicyclic amines) is 1. The minimum Gasteiger partial charge on any atom is -0.483 e. The number of hydrogen-bond donors (Lipinski definition) is 3. The number of likely N-dealkylation sites (N-methyl/N-ethyl adjacent to an activating group) is 1. The van der Waals surface area contributed by atoms with E-state index in [1.165, 1.54) is 5.01 Å². The second-order valence-electron chi connectivity index (χ2n) is 8.34. The van der Waals surface area contributed by atoms with Gasteiger partial charge in [0, 0.05) is 42.5 Å². The van der Waals surface area contributed by atoms with E-state index in [2.05, 4.69) is 27.5 Å². The van der Waals surface area contributed by atoms with E-state index < -0.39 is 0 Å². The number of thiazole rings is 1. The topological polar surface area (TPSA) is 132 Å². The molecule has 11 heteroatoms. The third kappa shape index (κ3) is 6.45. The van der Waals surface area contributed by atoms with Gasteiger partial charge in [-0.25, -0.2) is 4.98 Å². The van der Waals surface area contributed by atoms with Gasteiger partial charge in [0.25, 0.3) is 12.9 Å². The van der Waals surface area contributed by atoms with Gasteiger partial charge in [-0.2, -0.15) is 0 Å². The van der Waals surface area contributed by atoms with Crippen LogP contribution in [0.15, 0.2) is 5.38 Å².